The maximum Gasteiger partial charge on any atom is 0.240 e. The van der Waals surface area contributed by atoms with Crippen molar-refractivity contribution in [1.82, 2.24) is 5.43 Å². The lowest BCUT2D eigenvalue weighted by Gasteiger charge is -2.02. The van der Waals surface area contributed by atoms with Crippen molar-refractivity contribution >= 4 is 23.5 Å². The van der Waals surface area contributed by atoms with E-state index < -0.39 is 0 Å². The molecule has 0 bridgehead atoms. The fourth-order valence-corrected chi connectivity index (χ4v) is 3.12. The van der Waals surface area contributed by atoms with E-state index in [9.17, 15) is 4.79 Å². The predicted molar refractivity (Wildman–Crippen MR) is 101 cm³/mol. The van der Waals surface area contributed by atoms with E-state index in [-0.39, 0.29) is 5.91 Å². The summed E-state index contributed by atoms with van der Waals surface area (Å²) in [4.78, 5) is 12.7. The Morgan fingerprint density at radius 1 is 1.04 bits per heavy atom. The highest BCUT2D eigenvalue weighted by Gasteiger charge is 1.99. The van der Waals surface area contributed by atoms with E-state index in [2.05, 4.69) is 17.5 Å². The second-order valence-electron chi connectivity index (χ2n) is 6.09. The minimum atomic E-state index is 0.0220. The number of carbonyl (C=O) groups is 1. The van der Waals surface area contributed by atoms with Crippen LogP contribution >= 0.6 is 11.3 Å². The molecule has 1 heterocycles. The van der Waals surface area contributed by atoms with Crippen LogP contribution in [0.15, 0.2) is 22.6 Å². The summed E-state index contributed by atoms with van der Waals surface area (Å²) in [6.45, 7) is 2.26. The van der Waals surface area contributed by atoms with E-state index in [0.29, 0.717) is 6.42 Å². The van der Waals surface area contributed by atoms with Crippen molar-refractivity contribution in [3.63, 3.8) is 0 Å². The van der Waals surface area contributed by atoms with Crippen LogP contribution in [0.4, 0.5) is 0 Å². The number of thiophene rings is 1. The van der Waals surface area contributed by atoms with Crippen molar-refractivity contribution in [1.29, 1.82) is 0 Å². The minimum absolute atomic E-state index is 0.0220. The molecule has 1 aromatic heterocycles. The summed E-state index contributed by atoms with van der Waals surface area (Å²) in [6, 6.07) is 3.95. The second-order valence-corrected chi connectivity index (χ2v) is 7.07. The molecule has 0 unspecified atom stereocenters. The van der Waals surface area contributed by atoms with Gasteiger partial charge in [-0.05, 0) is 17.9 Å². The maximum absolute atomic E-state index is 11.6. The van der Waals surface area contributed by atoms with Gasteiger partial charge in [-0.2, -0.15) is 5.10 Å². The lowest BCUT2D eigenvalue weighted by Crippen LogP contribution is -2.16. The summed E-state index contributed by atoms with van der Waals surface area (Å²) >= 11 is 1.61. The molecule has 1 amide bonds. The second kappa shape index (κ2) is 14.4. The van der Waals surface area contributed by atoms with Gasteiger partial charge < -0.3 is 0 Å². The van der Waals surface area contributed by atoms with Gasteiger partial charge in [0.25, 0.3) is 0 Å². The Balaban J connectivity index is 1.84. The van der Waals surface area contributed by atoms with Crippen molar-refractivity contribution in [2.75, 3.05) is 0 Å². The van der Waals surface area contributed by atoms with Crippen LogP contribution in [0.5, 0.6) is 0 Å². The van der Waals surface area contributed by atoms with E-state index in [4.69, 9.17) is 0 Å². The Hall–Kier alpha value is -1.16. The van der Waals surface area contributed by atoms with Crippen molar-refractivity contribution in [2.24, 2.45) is 5.10 Å². The first kappa shape index (κ1) is 19.9. The van der Waals surface area contributed by atoms with Crippen LogP contribution in [0, 0.1) is 0 Å². The number of unbranched alkanes of at least 4 members (excludes halogenated alkanes) is 10. The lowest BCUT2D eigenvalue weighted by atomic mass is 10.1. The highest BCUT2D eigenvalue weighted by atomic mass is 32.1. The number of hydrazone groups is 1. The average molecular weight is 337 g/mol. The normalized spacial score (nSPS) is 11.2. The quantitative estimate of drug-likeness (QED) is 0.256. The van der Waals surface area contributed by atoms with Gasteiger partial charge in [-0.1, -0.05) is 77.2 Å². The summed E-state index contributed by atoms with van der Waals surface area (Å²) in [5, 5.41) is 5.96. The molecular weight excluding hydrogens is 304 g/mol. The monoisotopic (exact) mass is 336 g/mol. The van der Waals surface area contributed by atoms with Gasteiger partial charge in [-0.25, -0.2) is 5.43 Å². The van der Waals surface area contributed by atoms with Gasteiger partial charge in [0.15, 0.2) is 0 Å². The van der Waals surface area contributed by atoms with E-state index in [1.807, 2.05) is 17.5 Å². The standard InChI is InChI=1S/C19H32N2OS/c1-2-3-4-5-6-7-8-9-10-11-12-15-19(22)21-20-17-18-14-13-16-23-18/h13-14,16-17H,2-12,15H2,1H3,(H,21,22). The van der Waals surface area contributed by atoms with Gasteiger partial charge in [0, 0.05) is 11.3 Å². The van der Waals surface area contributed by atoms with Crippen molar-refractivity contribution in [3.8, 4) is 0 Å². The van der Waals surface area contributed by atoms with E-state index in [1.54, 1.807) is 17.6 Å². The summed E-state index contributed by atoms with van der Waals surface area (Å²) in [5.41, 5.74) is 2.59. The summed E-state index contributed by atoms with van der Waals surface area (Å²) < 4.78 is 0. The highest BCUT2D eigenvalue weighted by Crippen LogP contribution is 2.11. The van der Waals surface area contributed by atoms with Gasteiger partial charge in [0.05, 0.1) is 6.21 Å². The number of nitrogens with zero attached hydrogens (tertiary/aromatic N) is 1. The summed E-state index contributed by atoms with van der Waals surface area (Å²) in [5.74, 6) is 0.0220. The Labute approximate surface area is 145 Å². The van der Waals surface area contributed by atoms with E-state index in [1.165, 1.54) is 57.8 Å². The van der Waals surface area contributed by atoms with Crippen molar-refractivity contribution < 1.29 is 4.79 Å². The number of carbonyl (C=O) groups excluding carboxylic acids is 1. The zero-order valence-corrected chi connectivity index (χ0v) is 15.4. The van der Waals surface area contributed by atoms with Crippen molar-refractivity contribution in [3.05, 3.63) is 22.4 Å². The van der Waals surface area contributed by atoms with Gasteiger partial charge in [0.2, 0.25) is 5.91 Å². The number of amides is 1. The van der Waals surface area contributed by atoms with Gasteiger partial charge in [-0.15, -0.1) is 11.3 Å². The first-order valence-electron chi connectivity index (χ1n) is 9.18. The molecule has 23 heavy (non-hydrogen) atoms. The van der Waals surface area contributed by atoms with Crippen LogP contribution in [-0.2, 0) is 4.79 Å². The molecule has 1 rings (SSSR count). The fourth-order valence-electron chi connectivity index (χ4n) is 2.54. The summed E-state index contributed by atoms with van der Waals surface area (Å²) in [6.07, 6.45) is 16.6. The molecule has 0 aliphatic carbocycles. The SMILES string of the molecule is CCCCCCCCCCCCCC(=O)NN=Cc1cccs1. The number of rotatable bonds is 14. The zero-order valence-electron chi connectivity index (χ0n) is 14.6. The molecule has 0 spiro atoms. The largest absolute Gasteiger partial charge is 0.273 e. The van der Waals surface area contributed by atoms with Gasteiger partial charge in [0.1, 0.15) is 0 Å². The average Bonchev–Trinajstić information content (AvgIpc) is 3.06. The number of nitrogens with one attached hydrogen (secondary N) is 1. The third-order valence-electron chi connectivity index (χ3n) is 3.93. The molecule has 0 radical (unpaired) electrons. The van der Waals surface area contributed by atoms with E-state index in [0.717, 1.165) is 17.7 Å². The number of hydrogen-bond acceptors (Lipinski definition) is 3. The molecule has 0 aliphatic heterocycles. The highest BCUT2D eigenvalue weighted by molar-refractivity contribution is 7.11. The van der Waals surface area contributed by atoms with Crippen molar-refractivity contribution in [2.45, 2.75) is 84.0 Å². The molecule has 1 aromatic rings. The topological polar surface area (TPSA) is 41.5 Å². The molecule has 1 N–H and O–H groups in total. The van der Waals surface area contributed by atoms with Crippen LogP contribution < -0.4 is 5.43 Å². The maximum atomic E-state index is 11.6. The molecule has 0 aliphatic rings. The van der Waals surface area contributed by atoms with Gasteiger partial charge in [-0.3, -0.25) is 4.79 Å². The van der Waals surface area contributed by atoms with Crippen LogP contribution in [0.3, 0.4) is 0 Å². The zero-order chi connectivity index (χ0) is 16.6. The molecule has 0 atom stereocenters. The van der Waals surface area contributed by atoms with Gasteiger partial charge >= 0.3 is 0 Å². The van der Waals surface area contributed by atoms with Crippen LogP contribution in [-0.4, -0.2) is 12.1 Å². The molecular formula is C19H32N2OS. The van der Waals surface area contributed by atoms with Crippen LogP contribution in [0.1, 0.15) is 88.9 Å². The first-order valence-corrected chi connectivity index (χ1v) is 10.1. The smallest absolute Gasteiger partial charge is 0.240 e. The molecule has 0 saturated heterocycles. The first-order chi connectivity index (χ1) is 11.3. The van der Waals surface area contributed by atoms with E-state index >= 15 is 0 Å². The molecule has 3 nitrogen and oxygen atoms in total. The Kier molecular flexibility index (Phi) is 12.5. The molecule has 0 saturated carbocycles. The molecule has 4 heteroatoms. The number of hydrogen-bond donors (Lipinski definition) is 1. The molecule has 0 aromatic carbocycles. The Morgan fingerprint density at radius 3 is 2.22 bits per heavy atom. The third-order valence-corrected chi connectivity index (χ3v) is 4.74. The third kappa shape index (κ3) is 12.0. The minimum Gasteiger partial charge on any atom is -0.273 e. The Bertz CT molecular complexity index is 415. The summed E-state index contributed by atoms with van der Waals surface area (Å²) in [7, 11) is 0. The van der Waals surface area contributed by atoms with Crippen LogP contribution in [0.2, 0.25) is 0 Å². The Morgan fingerprint density at radius 2 is 1.65 bits per heavy atom. The fraction of sp³-hybridized carbons (Fsp3) is 0.684. The lowest BCUT2D eigenvalue weighted by molar-refractivity contribution is -0.121. The predicted octanol–water partition coefficient (Wildman–Crippen LogP) is 5.90. The molecule has 130 valence electrons. The molecule has 0 fully saturated rings. The van der Waals surface area contributed by atoms with Crippen LogP contribution in [0.25, 0.3) is 0 Å².